The van der Waals surface area contributed by atoms with Crippen LogP contribution in [0, 0.1) is 5.92 Å². The molecule has 0 aliphatic heterocycles. The second-order valence-corrected chi connectivity index (χ2v) is 3.90. The van der Waals surface area contributed by atoms with Crippen molar-refractivity contribution in [1.29, 1.82) is 0 Å². The van der Waals surface area contributed by atoms with Gasteiger partial charge in [0.25, 0.3) is 0 Å². The molecule has 0 aromatic heterocycles. The standard InChI is InChI=1S/C12H16/c1-9-5-3-4-6-10(2)12(9)11-7-8-11/h3,5-6,11H,4,7-8H2,1-2H3. The lowest BCUT2D eigenvalue weighted by molar-refractivity contribution is 0.993. The molecule has 0 bridgehead atoms. The first-order valence-corrected chi connectivity index (χ1v) is 4.83. The minimum Gasteiger partial charge on any atom is -0.0805 e. The molecule has 2 aliphatic rings. The monoisotopic (exact) mass is 160 g/mol. The van der Waals surface area contributed by atoms with Crippen LogP contribution in [0.2, 0.25) is 0 Å². The molecule has 0 aromatic carbocycles. The van der Waals surface area contributed by atoms with Gasteiger partial charge in [-0.2, -0.15) is 0 Å². The summed E-state index contributed by atoms with van der Waals surface area (Å²) in [5.74, 6) is 0.893. The highest BCUT2D eigenvalue weighted by Crippen LogP contribution is 2.42. The fourth-order valence-electron chi connectivity index (χ4n) is 2.02. The van der Waals surface area contributed by atoms with Crippen LogP contribution in [0.1, 0.15) is 33.1 Å². The van der Waals surface area contributed by atoms with Gasteiger partial charge < -0.3 is 0 Å². The fourth-order valence-corrected chi connectivity index (χ4v) is 2.02. The fraction of sp³-hybridized carbons (Fsp3) is 0.500. The molecule has 64 valence electrons. The lowest BCUT2D eigenvalue weighted by Crippen LogP contribution is -1.90. The van der Waals surface area contributed by atoms with E-state index in [0.717, 1.165) is 12.3 Å². The molecule has 1 fully saturated rings. The van der Waals surface area contributed by atoms with Gasteiger partial charge in [0.1, 0.15) is 0 Å². The van der Waals surface area contributed by atoms with Crippen LogP contribution in [0.25, 0.3) is 0 Å². The SMILES string of the molecule is CC1=CCC=CC(C)=C1C1CC1. The highest BCUT2D eigenvalue weighted by atomic mass is 14.3. The van der Waals surface area contributed by atoms with Crippen LogP contribution in [0.5, 0.6) is 0 Å². The zero-order chi connectivity index (χ0) is 8.55. The highest BCUT2D eigenvalue weighted by Gasteiger charge is 2.27. The predicted octanol–water partition coefficient (Wildman–Crippen LogP) is 3.62. The molecule has 0 nitrogen and oxygen atoms in total. The van der Waals surface area contributed by atoms with E-state index >= 15 is 0 Å². The second-order valence-electron chi connectivity index (χ2n) is 3.90. The smallest absolute Gasteiger partial charge is 0.0156 e. The van der Waals surface area contributed by atoms with Gasteiger partial charge in [-0.1, -0.05) is 23.8 Å². The van der Waals surface area contributed by atoms with E-state index in [4.69, 9.17) is 0 Å². The van der Waals surface area contributed by atoms with Crippen molar-refractivity contribution >= 4 is 0 Å². The molecule has 0 aromatic rings. The molecule has 0 saturated heterocycles. The molecule has 2 rings (SSSR count). The van der Waals surface area contributed by atoms with Gasteiger partial charge in [0, 0.05) is 0 Å². The first-order chi connectivity index (χ1) is 5.79. The zero-order valence-electron chi connectivity index (χ0n) is 7.93. The van der Waals surface area contributed by atoms with Gasteiger partial charge in [-0.3, -0.25) is 0 Å². The van der Waals surface area contributed by atoms with Crippen molar-refractivity contribution in [3.05, 3.63) is 34.9 Å². The maximum Gasteiger partial charge on any atom is -0.0156 e. The summed E-state index contributed by atoms with van der Waals surface area (Å²) >= 11 is 0. The molecule has 0 unspecified atom stereocenters. The lowest BCUT2D eigenvalue weighted by atomic mass is 9.98. The van der Waals surface area contributed by atoms with Crippen LogP contribution < -0.4 is 0 Å². The Hall–Kier alpha value is -0.780. The van der Waals surface area contributed by atoms with E-state index in [-0.39, 0.29) is 0 Å². The predicted molar refractivity (Wildman–Crippen MR) is 52.9 cm³/mol. The summed E-state index contributed by atoms with van der Waals surface area (Å²) in [6, 6.07) is 0. The van der Waals surface area contributed by atoms with Crippen molar-refractivity contribution in [3.63, 3.8) is 0 Å². The van der Waals surface area contributed by atoms with Gasteiger partial charge in [-0.25, -0.2) is 0 Å². The van der Waals surface area contributed by atoms with Gasteiger partial charge in [-0.05, 0) is 50.2 Å². The summed E-state index contributed by atoms with van der Waals surface area (Å²) in [6.07, 6.45) is 10.8. The summed E-state index contributed by atoms with van der Waals surface area (Å²) in [5.41, 5.74) is 4.63. The molecule has 1 saturated carbocycles. The largest absolute Gasteiger partial charge is 0.0805 e. The average molecular weight is 160 g/mol. The third kappa shape index (κ3) is 1.38. The Balaban J connectivity index is 2.37. The lowest BCUT2D eigenvalue weighted by Gasteiger charge is -2.07. The van der Waals surface area contributed by atoms with Crippen molar-refractivity contribution in [2.24, 2.45) is 5.92 Å². The minimum atomic E-state index is 0.893. The topological polar surface area (TPSA) is 0 Å². The zero-order valence-corrected chi connectivity index (χ0v) is 7.93. The Morgan fingerprint density at radius 1 is 1.25 bits per heavy atom. The van der Waals surface area contributed by atoms with Crippen molar-refractivity contribution < 1.29 is 0 Å². The van der Waals surface area contributed by atoms with E-state index in [0.29, 0.717) is 0 Å². The van der Waals surface area contributed by atoms with Crippen molar-refractivity contribution in [1.82, 2.24) is 0 Å². The van der Waals surface area contributed by atoms with Crippen LogP contribution in [0.15, 0.2) is 34.9 Å². The average Bonchev–Trinajstić information content (AvgIpc) is 2.80. The number of hydrogen-bond donors (Lipinski definition) is 0. The molecule has 0 atom stereocenters. The Morgan fingerprint density at radius 3 is 2.67 bits per heavy atom. The molecule has 0 heteroatoms. The van der Waals surface area contributed by atoms with Gasteiger partial charge >= 0.3 is 0 Å². The number of rotatable bonds is 1. The molecular formula is C12H16. The quantitative estimate of drug-likeness (QED) is 0.549. The second kappa shape index (κ2) is 2.93. The summed E-state index contributed by atoms with van der Waals surface area (Å²) in [5, 5.41) is 0. The first kappa shape index (κ1) is 7.85. The molecule has 0 N–H and O–H groups in total. The van der Waals surface area contributed by atoms with E-state index < -0.39 is 0 Å². The Morgan fingerprint density at radius 2 is 2.00 bits per heavy atom. The first-order valence-electron chi connectivity index (χ1n) is 4.83. The molecule has 12 heavy (non-hydrogen) atoms. The Bertz CT molecular complexity index is 272. The third-order valence-electron chi connectivity index (χ3n) is 2.76. The number of hydrogen-bond acceptors (Lipinski definition) is 0. The Labute approximate surface area is 74.7 Å². The van der Waals surface area contributed by atoms with Crippen molar-refractivity contribution in [2.45, 2.75) is 33.1 Å². The van der Waals surface area contributed by atoms with Crippen LogP contribution in [-0.4, -0.2) is 0 Å². The van der Waals surface area contributed by atoms with Crippen LogP contribution in [-0.2, 0) is 0 Å². The van der Waals surface area contributed by atoms with E-state index in [2.05, 4.69) is 32.1 Å². The van der Waals surface area contributed by atoms with Gasteiger partial charge in [-0.15, -0.1) is 0 Å². The van der Waals surface area contributed by atoms with E-state index in [1.807, 2.05) is 0 Å². The van der Waals surface area contributed by atoms with Crippen LogP contribution in [0.4, 0.5) is 0 Å². The van der Waals surface area contributed by atoms with Crippen molar-refractivity contribution in [3.8, 4) is 0 Å². The van der Waals surface area contributed by atoms with E-state index in [1.54, 1.807) is 5.57 Å². The van der Waals surface area contributed by atoms with Crippen LogP contribution >= 0.6 is 0 Å². The highest BCUT2D eigenvalue weighted by molar-refractivity contribution is 5.43. The minimum absolute atomic E-state index is 0.893. The summed E-state index contributed by atoms with van der Waals surface area (Å²) < 4.78 is 0. The molecular weight excluding hydrogens is 144 g/mol. The Kier molecular flexibility index (Phi) is 1.92. The summed E-state index contributed by atoms with van der Waals surface area (Å²) in [6.45, 7) is 4.50. The van der Waals surface area contributed by atoms with Crippen molar-refractivity contribution in [2.75, 3.05) is 0 Å². The molecule has 2 aliphatic carbocycles. The van der Waals surface area contributed by atoms with Crippen LogP contribution in [0.3, 0.4) is 0 Å². The summed E-state index contributed by atoms with van der Waals surface area (Å²) in [7, 11) is 0. The van der Waals surface area contributed by atoms with E-state index in [9.17, 15) is 0 Å². The maximum absolute atomic E-state index is 2.35. The third-order valence-corrected chi connectivity index (χ3v) is 2.76. The summed E-state index contributed by atoms with van der Waals surface area (Å²) in [4.78, 5) is 0. The normalized spacial score (nSPS) is 24.0. The maximum atomic E-state index is 2.35. The number of allylic oxidation sites excluding steroid dienone is 6. The van der Waals surface area contributed by atoms with Gasteiger partial charge in [0.2, 0.25) is 0 Å². The van der Waals surface area contributed by atoms with E-state index in [1.165, 1.54) is 24.0 Å². The van der Waals surface area contributed by atoms with Gasteiger partial charge in [0.15, 0.2) is 0 Å². The molecule has 0 spiro atoms. The molecule has 0 radical (unpaired) electrons. The molecule has 0 amide bonds. The van der Waals surface area contributed by atoms with Gasteiger partial charge in [0.05, 0.1) is 0 Å². The molecule has 0 heterocycles.